The van der Waals surface area contributed by atoms with E-state index < -0.39 is 39.5 Å². The molecule has 10 nitrogen and oxygen atoms in total. The van der Waals surface area contributed by atoms with Crippen LogP contribution in [0.4, 0.5) is 11.4 Å². The van der Waals surface area contributed by atoms with Crippen molar-refractivity contribution in [3.05, 3.63) is 62.7 Å². The van der Waals surface area contributed by atoms with E-state index in [0.717, 1.165) is 9.87 Å². The Morgan fingerprint density at radius 3 is 2.48 bits per heavy atom. The first-order chi connectivity index (χ1) is 15.5. The molecule has 12 heteroatoms. The first-order valence-electron chi connectivity index (χ1n) is 10.00. The molecule has 1 aliphatic rings. The molecular weight excluding hydrogens is 474 g/mol. The number of amides is 1. The number of halogens is 1. The summed E-state index contributed by atoms with van der Waals surface area (Å²) in [5.41, 5.74) is 1.13. The van der Waals surface area contributed by atoms with Crippen LogP contribution in [0.1, 0.15) is 24.0 Å². The van der Waals surface area contributed by atoms with Crippen molar-refractivity contribution in [2.75, 3.05) is 18.5 Å². The number of carbonyl (C=O) groups is 2. The molecule has 2 aromatic rings. The van der Waals surface area contributed by atoms with Crippen molar-refractivity contribution in [1.29, 1.82) is 0 Å². The third kappa shape index (κ3) is 5.49. The Labute approximate surface area is 195 Å². The summed E-state index contributed by atoms with van der Waals surface area (Å²) in [5.74, 6) is -1.64. The van der Waals surface area contributed by atoms with Crippen LogP contribution in [0, 0.1) is 24.0 Å². The number of hydrogen-bond acceptors (Lipinski definition) is 7. The summed E-state index contributed by atoms with van der Waals surface area (Å²) in [7, 11) is -3.96. The van der Waals surface area contributed by atoms with Gasteiger partial charge in [-0.25, -0.2) is 8.42 Å². The van der Waals surface area contributed by atoms with Gasteiger partial charge in [-0.3, -0.25) is 19.7 Å². The summed E-state index contributed by atoms with van der Waals surface area (Å²) in [6.45, 7) is 2.87. The molecule has 1 saturated heterocycles. The number of ether oxygens (including phenoxy) is 1. The maximum atomic E-state index is 12.9. The van der Waals surface area contributed by atoms with Gasteiger partial charge >= 0.3 is 5.97 Å². The second-order valence-electron chi connectivity index (χ2n) is 7.59. The number of sulfonamides is 1. The van der Waals surface area contributed by atoms with Crippen LogP contribution in [0.3, 0.4) is 0 Å². The lowest BCUT2D eigenvalue weighted by Crippen LogP contribution is -2.42. The number of nitro benzene ring substituents is 1. The minimum absolute atomic E-state index is 0.00797. The Bertz CT molecular complexity index is 1200. The first-order valence-corrected chi connectivity index (χ1v) is 11.8. The molecular formula is C21H22ClN3O7S. The third-order valence-corrected chi connectivity index (χ3v) is 7.50. The van der Waals surface area contributed by atoms with E-state index in [9.17, 15) is 28.1 Å². The number of nitrogens with one attached hydrogen (secondary N) is 1. The Balaban J connectivity index is 1.67. The van der Waals surface area contributed by atoms with Gasteiger partial charge in [-0.2, -0.15) is 4.31 Å². The summed E-state index contributed by atoms with van der Waals surface area (Å²) in [6.07, 6.45) is 0.698. The Hall–Kier alpha value is -3.02. The molecule has 0 bridgehead atoms. The predicted octanol–water partition coefficient (Wildman–Crippen LogP) is 3.20. The first kappa shape index (κ1) is 24.6. The molecule has 176 valence electrons. The highest BCUT2D eigenvalue weighted by molar-refractivity contribution is 7.89. The van der Waals surface area contributed by atoms with E-state index in [2.05, 4.69) is 5.32 Å². The van der Waals surface area contributed by atoms with Crippen LogP contribution >= 0.6 is 11.6 Å². The van der Waals surface area contributed by atoms with Gasteiger partial charge in [0, 0.05) is 17.6 Å². The summed E-state index contributed by atoms with van der Waals surface area (Å²) in [6, 6.07) is 7.31. The van der Waals surface area contributed by atoms with Crippen molar-refractivity contribution in [3.8, 4) is 0 Å². The molecule has 3 rings (SSSR count). The van der Waals surface area contributed by atoms with Crippen molar-refractivity contribution < 1.29 is 27.7 Å². The van der Waals surface area contributed by atoms with Crippen molar-refractivity contribution in [1.82, 2.24) is 4.31 Å². The summed E-state index contributed by atoms with van der Waals surface area (Å²) in [4.78, 5) is 35.5. The fourth-order valence-corrected chi connectivity index (χ4v) is 5.25. The average molecular weight is 496 g/mol. The standard InChI is InChI=1S/C21H22ClN3O7S/c1-13-10-17(19(25(28)29)11-14(13)2)23-20(26)12-32-21(27)18-4-3-9-24(18)33(30,31)16-7-5-15(22)6-8-16/h5-8,10-11,18H,3-4,9,12H2,1-2H3,(H,23,26). The van der Waals surface area contributed by atoms with Crippen molar-refractivity contribution in [2.45, 2.75) is 37.6 Å². The lowest BCUT2D eigenvalue weighted by atomic mass is 10.1. The van der Waals surface area contributed by atoms with Crippen molar-refractivity contribution >= 4 is 44.9 Å². The zero-order chi connectivity index (χ0) is 24.3. The molecule has 1 aliphatic heterocycles. The molecule has 1 unspecified atom stereocenters. The highest BCUT2D eigenvalue weighted by atomic mass is 35.5. The van der Waals surface area contributed by atoms with Crippen LogP contribution in [0.25, 0.3) is 0 Å². The third-order valence-electron chi connectivity index (χ3n) is 5.32. The zero-order valence-corrected chi connectivity index (χ0v) is 19.5. The van der Waals surface area contributed by atoms with E-state index >= 15 is 0 Å². The SMILES string of the molecule is Cc1cc(NC(=O)COC(=O)C2CCCN2S(=O)(=O)c2ccc(Cl)cc2)c([N+](=O)[O-])cc1C. The quantitative estimate of drug-likeness (QED) is 0.354. The molecule has 0 radical (unpaired) electrons. The number of nitrogens with zero attached hydrogens (tertiary/aromatic N) is 2. The van der Waals surface area contributed by atoms with Gasteiger partial charge in [-0.05, 0) is 68.1 Å². The minimum atomic E-state index is -3.96. The van der Waals surface area contributed by atoms with Crippen LogP contribution in [0.15, 0.2) is 41.3 Å². The van der Waals surface area contributed by atoms with Crippen LogP contribution < -0.4 is 5.32 Å². The number of esters is 1. The molecule has 33 heavy (non-hydrogen) atoms. The van der Waals surface area contributed by atoms with Gasteiger partial charge in [0.2, 0.25) is 10.0 Å². The number of benzene rings is 2. The maximum absolute atomic E-state index is 12.9. The van der Waals surface area contributed by atoms with Crippen molar-refractivity contribution in [2.24, 2.45) is 0 Å². The zero-order valence-electron chi connectivity index (χ0n) is 17.9. The molecule has 0 spiro atoms. The fourth-order valence-electron chi connectivity index (χ4n) is 3.48. The Morgan fingerprint density at radius 2 is 1.85 bits per heavy atom. The minimum Gasteiger partial charge on any atom is -0.454 e. The van der Waals surface area contributed by atoms with Gasteiger partial charge in [0.15, 0.2) is 6.61 Å². The van der Waals surface area contributed by atoms with Crippen molar-refractivity contribution in [3.63, 3.8) is 0 Å². The maximum Gasteiger partial charge on any atom is 0.324 e. The molecule has 1 heterocycles. The van der Waals surface area contributed by atoms with Gasteiger partial charge in [-0.15, -0.1) is 0 Å². The fraction of sp³-hybridized carbons (Fsp3) is 0.333. The molecule has 0 aliphatic carbocycles. The lowest BCUT2D eigenvalue weighted by Gasteiger charge is -2.22. The van der Waals surface area contributed by atoms with Crippen LogP contribution in [0.2, 0.25) is 5.02 Å². The normalized spacial score (nSPS) is 16.4. The molecule has 2 aromatic carbocycles. The number of carbonyl (C=O) groups excluding carboxylic acids is 2. The average Bonchev–Trinajstić information content (AvgIpc) is 3.25. The van der Waals surface area contributed by atoms with E-state index in [1.807, 2.05) is 0 Å². The summed E-state index contributed by atoms with van der Waals surface area (Å²) >= 11 is 5.82. The van der Waals surface area contributed by atoms with Gasteiger partial charge in [-0.1, -0.05) is 11.6 Å². The molecule has 0 aromatic heterocycles. The topological polar surface area (TPSA) is 136 Å². The monoisotopic (exact) mass is 495 g/mol. The highest BCUT2D eigenvalue weighted by Crippen LogP contribution is 2.29. The summed E-state index contributed by atoms with van der Waals surface area (Å²) < 4.78 is 32.0. The van der Waals surface area contributed by atoms with Gasteiger partial charge in [0.1, 0.15) is 11.7 Å². The number of rotatable bonds is 7. The smallest absolute Gasteiger partial charge is 0.324 e. The number of hydrogen-bond donors (Lipinski definition) is 1. The molecule has 1 amide bonds. The van der Waals surface area contributed by atoms with Crippen LogP contribution in [-0.4, -0.2) is 48.7 Å². The second-order valence-corrected chi connectivity index (χ2v) is 9.92. The summed E-state index contributed by atoms with van der Waals surface area (Å²) in [5, 5.41) is 14.0. The van der Waals surface area contributed by atoms with E-state index in [4.69, 9.17) is 16.3 Å². The number of aryl methyl sites for hydroxylation is 2. The largest absolute Gasteiger partial charge is 0.454 e. The Morgan fingerprint density at radius 1 is 1.21 bits per heavy atom. The predicted molar refractivity (Wildman–Crippen MR) is 121 cm³/mol. The number of anilines is 1. The number of nitro groups is 1. The van der Waals surface area contributed by atoms with E-state index in [0.29, 0.717) is 17.0 Å². The van der Waals surface area contributed by atoms with Gasteiger partial charge in [0.25, 0.3) is 11.6 Å². The van der Waals surface area contributed by atoms with Crippen LogP contribution in [-0.2, 0) is 24.3 Å². The van der Waals surface area contributed by atoms with E-state index in [-0.39, 0.29) is 29.2 Å². The highest BCUT2D eigenvalue weighted by Gasteiger charge is 2.40. The molecule has 1 N–H and O–H groups in total. The molecule has 0 saturated carbocycles. The Kier molecular flexibility index (Phi) is 7.35. The van der Waals surface area contributed by atoms with E-state index in [1.54, 1.807) is 13.8 Å². The van der Waals surface area contributed by atoms with Gasteiger partial charge in [0.05, 0.1) is 9.82 Å². The van der Waals surface area contributed by atoms with Gasteiger partial charge < -0.3 is 10.1 Å². The lowest BCUT2D eigenvalue weighted by molar-refractivity contribution is -0.384. The molecule has 1 fully saturated rings. The van der Waals surface area contributed by atoms with Crippen LogP contribution in [0.5, 0.6) is 0 Å². The van der Waals surface area contributed by atoms with E-state index in [1.165, 1.54) is 36.4 Å². The second kappa shape index (κ2) is 9.86. The molecule has 1 atom stereocenters.